The Labute approximate surface area is 62.2 Å². The summed E-state index contributed by atoms with van der Waals surface area (Å²) in [6.07, 6.45) is 3.45. The van der Waals surface area contributed by atoms with E-state index in [2.05, 4.69) is 11.2 Å². The van der Waals surface area contributed by atoms with E-state index >= 15 is 0 Å². The van der Waals surface area contributed by atoms with E-state index in [1.165, 1.54) is 6.20 Å². The van der Waals surface area contributed by atoms with Gasteiger partial charge in [-0.3, -0.25) is 4.98 Å². The van der Waals surface area contributed by atoms with Crippen LogP contribution in [0.4, 0.5) is 14.9 Å². The summed E-state index contributed by atoms with van der Waals surface area (Å²) in [5, 5.41) is 2.02. The molecule has 0 unspecified atom stereocenters. The van der Waals surface area contributed by atoms with Crippen LogP contribution in [0.3, 0.4) is 0 Å². The Bertz CT molecular complexity index is 276. The number of urea groups is 1. The number of pyridine rings is 1. The first-order chi connectivity index (χ1) is 5.20. The van der Waals surface area contributed by atoms with Crippen molar-refractivity contribution in [1.29, 1.82) is 0 Å². The highest BCUT2D eigenvalue weighted by Crippen LogP contribution is 2.08. The minimum Gasteiger partial charge on any atom is -0.351 e. The average molecular weight is 154 g/mol. The summed E-state index contributed by atoms with van der Waals surface area (Å²) in [7, 11) is 0. The highest BCUT2D eigenvalue weighted by Gasteiger charge is 2.02. The third-order valence-electron chi connectivity index (χ3n) is 0.959. The maximum atomic E-state index is 12.6. The smallest absolute Gasteiger partial charge is 0.316 e. The van der Waals surface area contributed by atoms with Gasteiger partial charge in [0.15, 0.2) is 5.82 Å². The summed E-state index contributed by atoms with van der Waals surface area (Å²) in [6, 6.07) is 0.259. The Hall–Kier alpha value is -1.65. The molecule has 1 aromatic heterocycles. The molecule has 0 saturated carbocycles. The highest BCUT2D eigenvalue weighted by atomic mass is 19.1. The normalized spacial score (nSPS) is 9.18. The second kappa shape index (κ2) is 2.96. The molecule has 0 bridgehead atoms. The lowest BCUT2D eigenvalue weighted by atomic mass is 10.4. The van der Waals surface area contributed by atoms with Crippen LogP contribution in [0.5, 0.6) is 0 Å². The second-order valence-electron chi connectivity index (χ2n) is 1.77. The Morgan fingerprint density at radius 1 is 1.82 bits per heavy atom. The van der Waals surface area contributed by atoms with E-state index in [1.807, 2.05) is 5.32 Å². The van der Waals surface area contributed by atoms with Gasteiger partial charge in [0.2, 0.25) is 0 Å². The van der Waals surface area contributed by atoms with Crippen LogP contribution >= 0.6 is 0 Å². The molecule has 3 N–H and O–H groups in total. The molecule has 0 aromatic carbocycles. The molecule has 2 amide bonds. The summed E-state index contributed by atoms with van der Waals surface area (Å²) in [5.41, 5.74) is 4.59. The van der Waals surface area contributed by atoms with Gasteiger partial charge >= 0.3 is 6.03 Å². The number of carbonyl (C=O) groups excluding carboxylic acids is 1. The Morgan fingerprint density at radius 2 is 2.55 bits per heavy atom. The van der Waals surface area contributed by atoms with E-state index in [-0.39, 0.29) is 5.69 Å². The number of amides is 2. The number of nitrogens with two attached hydrogens (primary N) is 1. The fraction of sp³-hybridized carbons (Fsp3) is 0. The number of primary amides is 1. The summed E-state index contributed by atoms with van der Waals surface area (Å²) >= 11 is 0. The number of hydrogen-bond donors (Lipinski definition) is 2. The number of hydrogen-bond acceptors (Lipinski definition) is 2. The van der Waals surface area contributed by atoms with Crippen LogP contribution in [-0.4, -0.2) is 11.0 Å². The largest absolute Gasteiger partial charge is 0.351 e. The standard InChI is InChI=1S/C6H5FN3O/c7-4-1-2-9-3-5(4)10-6(8)11/h1-2H,(H3,8,10,11). The first-order valence-electron chi connectivity index (χ1n) is 2.79. The van der Waals surface area contributed by atoms with Crippen LogP contribution in [0.1, 0.15) is 0 Å². The molecule has 1 heterocycles. The number of nitrogens with one attached hydrogen (secondary N) is 1. The third kappa shape index (κ3) is 1.89. The Kier molecular flexibility index (Phi) is 2.00. The van der Waals surface area contributed by atoms with Crippen LogP contribution in [0.15, 0.2) is 12.3 Å². The fourth-order valence-electron chi connectivity index (χ4n) is 0.552. The van der Waals surface area contributed by atoms with E-state index < -0.39 is 11.8 Å². The van der Waals surface area contributed by atoms with Crippen molar-refractivity contribution in [1.82, 2.24) is 4.98 Å². The van der Waals surface area contributed by atoms with Gasteiger partial charge in [-0.25, -0.2) is 9.18 Å². The quantitative estimate of drug-likeness (QED) is 0.618. The van der Waals surface area contributed by atoms with Crippen molar-refractivity contribution in [3.63, 3.8) is 0 Å². The molecular formula is C6H5FN3O. The third-order valence-corrected chi connectivity index (χ3v) is 0.959. The van der Waals surface area contributed by atoms with Crippen molar-refractivity contribution in [3.05, 3.63) is 24.3 Å². The zero-order chi connectivity index (χ0) is 8.27. The van der Waals surface area contributed by atoms with Crippen molar-refractivity contribution < 1.29 is 9.18 Å². The molecule has 1 rings (SSSR count). The molecule has 1 radical (unpaired) electrons. The molecular weight excluding hydrogens is 149 g/mol. The zero-order valence-electron chi connectivity index (χ0n) is 5.47. The number of anilines is 1. The van der Waals surface area contributed by atoms with Crippen molar-refractivity contribution >= 4 is 11.7 Å². The first kappa shape index (κ1) is 7.46. The van der Waals surface area contributed by atoms with Gasteiger partial charge in [0.1, 0.15) is 11.9 Å². The van der Waals surface area contributed by atoms with Gasteiger partial charge in [0.05, 0.1) is 0 Å². The molecule has 4 nitrogen and oxygen atoms in total. The molecule has 0 fully saturated rings. The van der Waals surface area contributed by atoms with Crippen LogP contribution < -0.4 is 11.1 Å². The molecule has 0 saturated heterocycles. The first-order valence-corrected chi connectivity index (χ1v) is 2.79. The molecule has 0 spiro atoms. The molecule has 0 aliphatic carbocycles. The van der Waals surface area contributed by atoms with E-state index in [0.717, 1.165) is 6.07 Å². The van der Waals surface area contributed by atoms with Gasteiger partial charge in [0.25, 0.3) is 0 Å². The van der Waals surface area contributed by atoms with Gasteiger partial charge in [-0.15, -0.1) is 0 Å². The van der Waals surface area contributed by atoms with Crippen LogP contribution in [0.25, 0.3) is 0 Å². The van der Waals surface area contributed by atoms with E-state index in [1.54, 1.807) is 0 Å². The molecule has 57 valence electrons. The lowest BCUT2D eigenvalue weighted by Gasteiger charge is -1.99. The highest BCUT2D eigenvalue weighted by molar-refractivity contribution is 5.87. The average Bonchev–Trinajstić information content (AvgIpc) is 1.93. The van der Waals surface area contributed by atoms with Gasteiger partial charge in [-0.2, -0.15) is 0 Å². The summed E-state index contributed by atoms with van der Waals surface area (Å²) in [6.45, 7) is 0. The van der Waals surface area contributed by atoms with Gasteiger partial charge in [0, 0.05) is 6.20 Å². The Balaban J connectivity index is 2.86. The van der Waals surface area contributed by atoms with Gasteiger partial charge in [-0.1, -0.05) is 0 Å². The number of rotatable bonds is 1. The van der Waals surface area contributed by atoms with E-state index in [4.69, 9.17) is 5.73 Å². The molecule has 0 aliphatic heterocycles. The van der Waals surface area contributed by atoms with Crippen molar-refractivity contribution in [2.75, 3.05) is 5.32 Å². The number of carbonyl (C=O) groups is 1. The monoisotopic (exact) mass is 154 g/mol. The van der Waals surface area contributed by atoms with Crippen molar-refractivity contribution in [3.8, 4) is 0 Å². The van der Waals surface area contributed by atoms with E-state index in [0.29, 0.717) is 0 Å². The Morgan fingerprint density at radius 3 is 3.09 bits per heavy atom. The number of aromatic nitrogens is 1. The molecule has 1 aromatic rings. The van der Waals surface area contributed by atoms with E-state index in [9.17, 15) is 9.18 Å². The minimum absolute atomic E-state index is 0.139. The fourth-order valence-corrected chi connectivity index (χ4v) is 0.552. The maximum absolute atomic E-state index is 12.6. The molecule has 5 heteroatoms. The number of nitrogens with zero attached hydrogens (tertiary/aromatic N) is 1. The lowest BCUT2D eigenvalue weighted by molar-refractivity contribution is 0.259. The molecule has 11 heavy (non-hydrogen) atoms. The van der Waals surface area contributed by atoms with Gasteiger partial charge in [-0.05, 0) is 6.07 Å². The van der Waals surface area contributed by atoms with Crippen LogP contribution in [0.2, 0.25) is 0 Å². The molecule has 0 aliphatic rings. The van der Waals surface area contributed by atoms with Crippen molar-refractivity contribution in [2.45, 2.75) is 0 Å². The second-order valence-corrected chi connectivity index (χ2v) is 1.77. The van der Waals surface area contributed by atoms with Crippen molar-refractivity contribution in [2.24, 2.45) is 5.73 Å². The van der Waals surface area contributed by atoms with Crippen LogP contribution in [-0.2, 0) is 0 Å². The molecule has 0 atom stereocenters. The predicted molar refractivity (Wildman–Crippen MR) is 36.2 cm³/mol. The summed E-state index contributed by atoms with van der Waals surface area (Å²) in [4.78, 5) is 13.7. The van der Waals surface area contributed by atoms with Crippen LogP contribution in [0, 0.1) is 12.0 Å². The topological polar surface area (TPSA) is 68.0 Å². The SMILES string of the molecule is NC(=O)Nc1[c]nccc1F. The maximum Gasteiger partial charge on any atom is 0.316 e. The minimum atomic E-state index is -0.840. The zero-order valence-corrected chi connectivity index (χ0v) is 5.47. The lowest BCUT2D eigenvalue weighted by Crippen LogP contribution is -2.20. The predicted octanol–water partition coefficient (Wildman–Crippen LogP) is 0.511. The number of halogens is 1. The summed E-state index contributed by atoms with van der Waals surface area (Å²) < 4.78 is 12.6. The summed E-state index contributed by atoms with van der Waals surface area (Å²) in [5.74, 6) is -0.612. The van der Waals surface area contributed by atoms with Gasteiger partial charge < -0.3 is 11.1 Å².